The van der Waals surface area contributed by atoms with Crippen LogP contribution in [0.2, 0.25) is 0 Å². The van der Waals surface area contributed by atoms with Crippen LogP contribution >= 0.6 is 0 Å². The first-order chi connectivity index (χ1) is 12.5. The number of hydrogen-bond acceptors (Lipinski definition) is 4. The highest BCUT2D eigenvalue weighted by Crippen LogP contribution is 2.35. The Morgan fingerprint density at radius 2 is 1.81 bits per heavy atom. The first-order valence-electron chi connectivity index (χ1n) is 9.02. The van der Waals surface area contributed by atoms with Gasteiger partial charge in [-0.25, -0.2) is 4.79 Å². The molecule has 0 amide bonds. The molecule has 0 saturated carbocycles. The number of nitrogens with zero attached hydrogens (tertiary/aromatic N) is 1. The molecule has 0 fully saturated rings. The Bertz CT molecular complexity index is 1040. The van der Waals surface area contributed by atoms with Crippen LogP contribution in [0.25, 0.3) is 11.0 Å². The van der Waals surface area contributed by atoms with Crippen LogP contribution in [-0.4, -0.2) is 6.73 Å². The van der Waals surface area contributed by atoms with E-state index < -0.39 is 0 Å². The second-order valence-electron chi connectivity index (χ2n) is 7.08. The monoisotopic (exact) mass is 349 g/mol. The summed E-state index contributed by atoms with van der Waals surface area (Å²) in [6.45, 7) is 9.31. The number of benzene rings is 2. The topological polar surface area (TPSA) is 42.7 Å². The van der Waals surface area contributed by atoms with E-state index in [-0.39, 0.29) is 5.63 Å². The molecule has 4 heteroatoms. The van der Waals surface area contributed by atoms with Crippen LogP contribution in [0, 0.1) is 20.8 Å². The summed E-state index contributed by atoms with van der Waals surface area (Å²) in [4.78, 5) is 14.6. The van der Waals surface area contributed by atoms with Gasteiger partial charge in [0.2, 0.25) is 0 Å². The summed E-state index contributed by atoms with van der Waals surface area (Å²) < 4.78 is 11.7. The van der Waals surface area contributed by atoms with Crippen LogP contribution < -0.4 is 15.3 Å². The van der Waals surface area contributed by atoms with Gasteiger partial charge < -0.3 is 14.1 Å². The summed E-state index contributed by atoms with van der Waals surface area (Å²) in [5.41, 5.74) is 6.67. The van der Waals surface area contributed by atoms with E-state index in [0.717, 1.165) is 33.5 Å². The van der Waals surface area contributed by atoms with E-state index in [1.807, 2.05) is 26.0 Å². The number of anilines is 1. The normalized spacial score (nSPS) is 13.6. The van der Waals surface area contributed by atoms with Gasteiger partial charge in [-0.2, -0.15) is 0 Å². The SMILES string of the molecule is CCc1c(C)c2ccc3c(c2oc1=O)CN(c1cc(C)cc(C)c1)CO3. The molecule has 0 aliphatic carbocycles. The largest absolute Gasteiger partial charge is 0.473 e. The first kappa shape index (κ1) is 16.7. The van der Waals surface area contributed by atoms with Gasteiger partial charge in [-0.3, -0.25) is 0 Å². The molecule has 0 saturated heterocycles. The van der Waals surface area contributed by atoms with Crippen molar-refractivity contribution >= 4 is 16.7 Å². The second kappa shape index (κ2) is 6.20. The maximum Gasteiger partial charge on any atom is 0.339 e. The van der Waals surface area contributed by atoms with Crippen molar-refractivity contribution in [2.45, 2.75) is 40.7 Å². The average molecular weight is 349 g/mol. The van der Waals surface area contributed by atoms with E-state index in [2.05, 4.69) is 36.9 Å². The van der Waals surface area contributed by atoms with Crippen LogP contribution in [-0.2, 0) is 13.0 Å². The summed E-state index contributed by atoms with van der Waals surface area (Å²) >= 11 is 0. The zero-order valence-corrected chi connectivity index (χ0v) is 15.7. The van der Waals surface area contributed by atoms with E-state index >= 15 is 0 Å². The van der Waals surface area contributed by atoms with Gasteiger partial charge in [0.1, 0.15) is 11.3 Å². The third-order valence-electron chi connectivity index (χ3n) is 5.17. The lowest BCUT2D eigenvalue weighted by Gasteiger charge is -2.31. The van der Waals surface area contributed by atoms with E-state index in [9.17, 15) is 4.79 Å². The van der Waals surface area contributed by atoms with Crippen LogP contribution in [0.5, 0.6) is 5.75 Å². The molecule has 1 aromatic heterocycles. The molecule has 0 radical (unpaired) electrons. The molecular formula is C22H23NO3. The molecule has 3 aromatic rings. The molecule has 0 spiro atoms. The highest BCUT2D eigenvalue weighted by atomic mass is 16.5. The van der Waals surface area contributed by atoms with Gasteiger partial charge in [0.15, 0.2) is 6.73 Å². The molecule has 134 valence electrons. The molecule has 0 bridgehead atoms. The summed E-state index contributed by atoms with van der Waals surface area (Å²) in [7, 11) is 0. The molecule has 1 aliphatic rings. The van der Waals surface area contributed by atoms with Gasteiger partial charge >= 0.3 is 5.63 Å². The fourth-order valence-corrected chi connectivity index (χ4v) is 3.87. The van der Waals surface area contributed by atoms with Crippen molar-refractivity contribution in [3.8, 4) is 5.75 Å². The van der Waals surface area contributed by atoms with Crippen molar-refractivity contribution < 1.29 is 9.15 Å². The van der Waals surface area contributed by atoms with Crippen molar-refractivity contribution in [2.24, 2.45) is 0 Å². The van der Waals surface area contributed by atoms with E-state index in [4.69, 9.17) is 9.15 Å². The Hall–Kier alpha value is -2.75. The molecular weight excluding hydrogens is 326 g/mol. The second-order valence-corrected chi connectivity index (χ2v) is 7.08. The van der Waals surface area contributed by atoms with Crippen LogP contribution in [0.15, 0.2) is 39.5 Å². The van der Waals surface area contributed by atoms with Crippen LogP contribution in [0.3, 0.4) is 0 Å². The van der Waals surface area contributed by atoms with Crippen LogP contribution in [0.1, 0.15) is 34.7 Å². The summed E-state index contributed by atoms with van der Waals surface area (Å²) in [5.74, 6) is 0.796. The van der Waals surface area contributed by atoms with Gasteiger partial charge in [-0.15, -0.1) is 0 Å². The molecule has 4 nitrogen and oxygen atoms in total. The van der Waals surface area contributed by atoms with Crippen molar-refractivity contribution in [3.05, 3.63) is 68.6 Å². The minimum Gasteiger partial charge on any atom is -0.473 e. The average Bonchev–Trinajstić information content (AvgIpc) is 2.60. The number of rotatable bonds is 2. The predicted octanol–water partition coefficient (Wildman–Crippen LogP) is 4.64. The summed E-state index contributed by atoms with van der Waals surface area (Å²) in [6, 6.07) is 10.5. The third kappa shape index (κ3) is 2.66. The van der Waals surface area contributed by atoms with Gasteiger partial charge in [-0.1, -0.05) is 13.0 Å². The number of aryl methyl sites for hydroxylation is 3. The van der Waals surface area contributed by atoms with E-state index in [0.29, 0.717) is 25.3 Å². The number of fused-ring (bicyclic) bond motifs is 3. The first-order valence-corrected chi connectivity index (χ1v) is 9.02. The Morgan fingerprint density at radius 3 is 2.50 bits per heavy atom. The lowest BCUT2D eigenvalue weighted by atomic mass is 10.0. The van der Waals surface area contributed by atoms with Crippen molar-refractivity contribution in [2.75, 3.05) is 11.6 Å². The summed E-state index contributed by atoms with van der Waals surface area (Å²) in [5, 5.41) is 0.992. The Kier molecular flexibility index (Phi) is 3.98. The van der Waals surface area contributed by atoms with E-state index in [1.165, 1.54) is 11.1 Å². The predicted molar refractivity (Wildman–Crippen MR) is 104 cm³/mol. The molecule has 2 aromatic carbocycles. The van der Waals surface area contributed by atoms with E-state index in [1.54, 1.807) is 0 Å². The molecule has 4 rings (SSSR count). The molecule has 0 atom stereocenters. The fourth-order valence-electron chi connectivity index (χ4n) is 3.87. The fraction of sp³-hybridized carbons (Fsp3) is 0.318. The number of ether oxygens (including phenoxy) is 1. The maximum atomic E-state index is 12.4. The van der Waals surface area contributed by atoms with Crippen molar-refractivity contribution in [3.63, 3.8) is 0 Å². The zero-order valence-electron chi connectivity index (χ0n) is 15.7. The van der Waals surface area contributed by atoms with Crippen molar-refractivity contribution in [1.82, 2.24) is 0 Å². The minimum atomic E-state index is -0.241. The smallest absolute Gasteiger partial charge is 0.339 e. The van der Waals surface area contributed by atoms with Gasteiger partial charge in [0.05, 0.1) is 12.1 Å². The quantitative estimate of drug-likeness (QED) is 0.632. The summed E-state index contributed by atoms with van der Waals surface area (Å²) in [6.07, 6.45) is 0.673. The molecule has 26 heavy (non-hydrogen) atoms. The van der Waals surface area contributed by atoms with Crippen molar-refractivity contribution in [1.29, 1.82) is 0 Å². The molecule has 0 N–H and O–H groups in total. The van der Waals surface area contributed by atoms with Gasteiger partial charge in [0.25, 0.3) is 0 Å². The highest BCUT2D eigenvalue weighted by Gasteiger charge is 2.23. The molecule has 0 unspecified atom stereocenters. The minimum absolute atomic E-state index is 0.241. The Labute approximate surface area is 153 Å². The number of hydrogen-bond donors (Lipinski definition) is 0. The zero-order chi connectivity index (χ0) is 18.4. The van der Waals surface area contributed by atoms with Gasteiger partial charge in [-0.05, 0) is 68.1 Å². The third-order valence-corrected chi connectivity index (χ3v) is 5.17. The lowest BCUT2D eigenvalue weighted by molar-refractivity contribution is 0.289. The van der Waals surface area contributed by atoms with Crippen LogP contribution in [0.4, 0.5) is 5.69 Å². The standard InChI is InChI=1S/C22H23NO3/c1-5-17-15(4)18-6-7-20-19(21(18)26-22(17)24)11-23(12-25-20)16-9-13(2)8-14(3)10-16/h6-10H,5,11-12H2,1-4H3. The Balaban J connectivity index is 1.85. The van der Waals surface area contributed by atoms with Gasteiger partial charge in [0, 0.05) is 16.6 Å². The molecule has 2 heterocycles. The molecule has 1 aliphatic heterocycles. The highest BCUT2D eigenvalue weighted by molar-refractivity contribution is 5.86. The Morgan fingerprint density at radius 1 is 1.08 bits per heavy atom. The lowest BCUT2D eigenvalue weighted by Crippen LogP contribution is -2.32. The maximum absolute atomic E-state index is 12.4.